The molecule has 1 heterocycles. The van der Waals surface area contributed by atoms with E-state index in [0.717, 1.165) is 0 Å². The molecule has 0 aliphatic carbocycles. The number of ether oxygens (including phenoxy) is 2. The van der Waals surface area contributed by atoms with Gasteiger partial charge in [-0.1, -0.05) is 6.07 Å². The quantitative estimate of drug-likeness (QED) is 0.684. The highest BCUT2D eigenvalue weighted by Gasteiger charge is 2.12. The average molecular weight is 313 g/mol. The molecule has 0 saturated heterocycles. The maximum absolute atomic E-state index is 11.8. The molecule has 1 aromatic heterocycles. The van der Waals surface area contributed by atoms with E-state index in [9.17, 15) is 9.90 Å². The molecule has 23 heavy (non-hydrogen) atoms. The number of aromatic amines is 1. The smallest absolute Gasteiger partial charge is 0.347 e. The van der Waals surface area contributed by atoms with Gasteiger partial charge >= 0.3 is 5.69 Å². The fourth-order valence-corrected chi connectivity index (χ4v) is 2.30. The monoisotopic (exact) mass is 313 g/mol. The number of fused-ring (bicyclic) bond motifs is 1. The van der Waals surface area contributed by atoms with Crippen molar-refractivity contribution in [1.29, 1.82) is 0 Å². The Morgan fingerprint density at radius 2 is 1.87 bits per heavy atom. The molecule has 3 N–H and O–H groups in total. The number of rotatable bonds is 4. The summed E-state index contributed by atoms with van der Waals surface area (Å²) in [5.74, 6) is 1.50. The SMILES string of the molecule is COc1cc2[nH]c(=O)nc(Nc3cccc(O)c3)c2cc1OC. The number of phenols is 1. The highest BCUT2D eigenvalue weighted by atomic mass is 16.5. The van der Waals surface area contributed by atoms with Crippen LogP contribution >= 0.6 is 0 Å². The van der Waals surface area contributed by atoms with E-state index in [1.165, 1.54) is 20.3 Å². The molecular weight excluding hydrogens is 298 g/mol. The normalized spacial score (nSPS) is 10.5. The molecule has 0 spiro atoms. The van der Waals surface area contributed by atoms with E-state index in [1.54, 1.807) is 30.3 Å². The Labute approximate surface area is 131 Å². The van der Waals surface area contributed by atoms with E-state index >= 15 is 0 Å². The van der Waals surface area contributed by atoms with Crippen LogP contribution in [0, 0.1) is 0 Å². The van der Waals surface area contributed by atoms with Gasteiger partial charge in [0.2, 0.25) is 0 Å². The van der Waals surface area contributed by atoms with Crippen molar-refractivity contribution >= 4 is 22.4 Å². The minimum absolute atomic E-state index is 0.114. The van der Waals surface area contributed by atoms with Gasteiger partial charge in [-0.15, -0.1) is 0 Å². The third-order valence-electron chi connectivity index (χ3n) is 3.34. The Morgan fingerprint density at radius 3 is 2.57 bits per heavy atom. The predicted molar refractivity (Wildman–Crippen MR) is 86.9 cm³/mol. The van der Waals surface area contributed by atoms with Crippen LogP contribution < -0.4 is 20.5 Å². The molecule has 0 fully saturated rings. The van der Waals surface area contributed by atoms with E-state index < -0.39 is 5.69 Å². The molecule has 0 unspecified atom stereocenters. The van der Waals surface area contributed by atoms with Crippen molar-refractivity contribution < 1.29 is 14.6 Å². The van der Waals surface area contributed by atoms with Crippen LogP contribution in [0.2, 0.25) is 0 Å². The minimum atomic E-state index is -0.493. The fraction of sp³-hybridized carbons (Fsp3) is 0.125. The van der Waals surface area contributed by atoms with Crippen molar-refractivity contribution in [2.45, 2.75) is 0 Å². The highest BCUT2D eigenvalue weighted by molar-refractivity contribution is 5.93. The summed E-state index contributed by atoms with van der Waals surface area (Å²) in [4.78, 5) is 18.4. The third kappa shape index (κ3) is 2.89. The first-order valence-electron chi connectivity index (χ1n) is 6.83. The second-order valence-electron chi connectivity index (χ2n) is 4.82. The Morgan fingerprint density at radius 1 is 1.13 bits per heavy atom. The van der Waals surface area contributed by atoms with Crippen LogP contribution in [0.15, 0.2) is 41.2 Å². The summed E-state index contributed by atoms with van der Waals surface area (Å²) in [5, 5.41) is 13.2. The summed E-state index contributed by atoms with van der Waals surface area (Å²) in [6, 6.07) is 9.94. The minimum Gasteiger partial charge on any atom is -0.508 e. The number of H-pyrrole nitrogens is 1. The van der Waals surface area contributed by atoms with Crippen LogP contribution in [0.4, 0.5) is 11.5 Å². The van der Waals surface area contributed by atoms with Gasteiger partial charge in [-0.25, -0.2) is 4.79 Å². The van der Waals surface area contributed by atoms with Crippen molar-refractivity contribution in [3.8, 4) is 17.2 Å². The molecule has 0 amide bonds. The van der Waals surface area contributed by atoms with Crippen molar-refractivity contribution in [2.24, 2.45) is 0 Å². The van der Waals surface area contributed by atoms with Crippen molar-refractivity contribution in [3.63, 3.8) is 0 Å². The van der Waals surface area contributed by atoms with Gasteiger partial charge in [0.25, 0.3) is 0 Å². The number of nitrogens with zero attached hydrogens (tertiary/aromatic N) is 1. The number of aromatic nitrogens is 2. The predicted octanol–water partition coefficient (Wildman–Crippen LogP) is 2.39. The number of anilines is 2. The third-order valence-corrected chi connectivity index (χ3v) is 3.34. The van der Waals surface area contributed by atoms with E-state index in [4.69, 9.17) is 9.47 Å². The number of benzene rings is 2. The number of aromatic hydroxyl groups is 1. The molecule has 0 bridgehead atoms. The lowest BCUT2D eigenvalue weighted by Gasteiger charge is -2.12. The van der Waals surface area contributed by atoms with Gasteiger partial charge in [0.05, 0.1) is 19.7 Å². The largest absolute Gasteiger partial charge is 0.508 e. The first-order valence-corrected chi connectivity index (χ1v) is 6.83. The van der Waals surface area contributed by atoms with Gasteiger partial charge in [0.1, 0.15) is 11.6 Å². The number of hydrogen-bond donors (Lipinski definition) is 3. The lowest BCUT2D eigenvalue weighted by molar-refractivity contribution is 0.356. The van der Waals surface area contributed by atoms with Crippen LogP contribution in [-0.2, 0) is 0 Å². The topological polar surface area (TPSA) is 96.5 Å². The molecule has 0 atom stereocenters. The van der Waals surface area contributed by atoms with Crippen molar-refractivity contribution in [2.75, 3.05) is 19.5 Å². The Bertz CT molecular complexity index is 921. The van der Waals surface area contributed by atoms with Gasteiger partial charge in [0.15, 0.2) is 11.5 Å². The van der Waals surface area contributed by atoms with Gasteiger partial charge in [-0.3, -0.25) is 0 Å². The van der Waals surface area contributed by atoms with Crippen LogP contribution in [0.3, 0.4) is 0 Å². The first-order chi connectivity index (χ1) is 11.1. The average Bonchev–Trinajstić information content (AvgIpc) is 2.53. The van der Waals surface area contributed by atoms with E-state index in [-0.39, 0.29) is 5.75 Å². The fourth-order valence-electron chi connectivity index (χ4n) is 2.30. The summed E-state index contributed by atoms with van der Waals surface area (Å²) in [6.07, 6.45) is 0. The summed E-state index contributed by atoms with van der Waals surface area (Å²) in [5.41, 5.74) is 0.678. The maximum Gasteiger partial charge on any atom is 0.347 e. The van der Waals surface area contributed by atoms with Crippen LogP contribution in [0.5, 0.6) is 17.2 Å². The molecule has 7 nitrogen and oxygen atoms in total. The van der Waals surface area contributed by atoms with Crippen LogP contribution in [0.25, 0.3) is 10.9 Å². The maximum atomic E-state index is 11.8. The van der Waals surface area contributed by atoms with Crippen LogP contribution in [0.1, 0.15) is 0 Å². The summed E-state index contributed by atoms with van der Waals surface area (Å²) < 4.78 is 10.5. The Kier molecular flexibility index (Phi) is 3.76. The first kappa shape index (κ1) is 14.7. The van der Waals surface area contributed by atoms with Crippen LogP contribution in [-0.4, -0.2) is 29.3 Å². The molecule has 0 aliphatic rings. The molecule has 0 aliphatic heterocycles. The molecule has 118 valence electrons. The number of phenolic OH excluding ortho intramolecular Hbond substituents is 1. The molecule has 2 aromatic carbocycles. The number of hydrogen-bond acceptors (Lipinski definition) is 6. The lowest BCUT2D eigenvalue weighted by Crippen LogP contribution is -2.12. The van der Waals surface area contributed by atoms with E-state index in [2.05, 4.69) is 15.3 Å². The van der Waals surface area contributed by atoms with Crippen molar-refractivity contribution in [1.82, 2.24) is 9.97 Å². The second-order valence-corrected chi connectivity index (χ2v) is 4.82. The van der Waals surface area contributed by atoms with E-state index in [0.29, 0.717) is 33.9 Å². The Hall–Kier alpha value is -3.22. The zero-order valence-electron chi connectivity index (χ0n) is 12.6. The molecule has 3 aromatic rings. The zero-order valence-corrected chi connectivity index (χ0v) is 12.6. The van der Waals surface area contributed by atoms with E-state index in [1.807, 2.05) is 0 Å². The zero-order chi connectivity index (χ0) is 16.4. The molecule has 0 saturated carbocycles. The van der Waals surface area contributed by atoms with Gasteiger partial charge in [0, 0.05) is 23.2 Å². The number of nitrogens with one attached hydrogen (secondary N) is 2. The summed E-state index contributed by atoms with van der Waals surface area (Å²) in [7, 11) is 3.06. The lowest BCUT2D eigenvalue weighted by atomic mass is 10.2. The second kappa shape index (κ2) is 5.88. The summed E-state index contributed by atoms with van der Waals surface area (Å²) in [6.45, 7) is 0. The molecule has 3 rings (SSSR count). The number of methoxy groups -OCH3 is 2. The highest BCUT2D eigenvalue weighted by Crippen LogP contribution is 2.34. The van der Waals surface area contributed by atoms with Crippen molar-refractivity contribution in [3.05, 3.63) is 46.9 Å². The van der Waals surface area contributed by atoms with Gasteiger partial charge in [-0.05, 0) is 18.2 Å². The van der Waals surface area contributed by atoms with Gasteiger partial charge in [-0.2, -0.15) is 4.98 Å². The molecule has 7 heteroatoms. The standard InChI is InChI=1S/C16H15N3O4/c1-22-13-7-11-12(8-14(13)23-2)18-16(21)19-15(11)17-9-4-3-5-10(20)6-9/h3-8,20H,1-2H3,(H2,17,18,19,21). The summed E-state index contributed by atoms with van der Waals surface area (Å²) >= 11 is 0. The Balaban J connectivity index is 2.17. The molecule has 0 radical (unpaired) electrons. The molecular formula is C16H15N3O4. The van der Waals surface area contributed by atoms with Gasteiger partial charge < -0.3 is 24.9 Å².